The Morgan fingerprint density at radius 3 is 2.00 bits per heavy atom. The molecule has 35 heavy (non-hydrogen) atoms. The third-order valence-electron chi connectivity index (χ3n) is 5.21. The molecule has 0 saturated heterocycles. The fourth-order valence-electron chi connectivity index (χ4n) is 3.39. The van der Waals surface area contributed by atoms with Crippen molar-refractivity contribution in [3.8, 4) is 11.1 Å². The van der Waals surface area contributed by atoms with Gasteiger partial charge in [-0.2, -0.15) is 0 Å². The second-order valence-electron chi connectivity index (χ2n) is 9.80. The Morgan fingerprint density at radius 2 is 1.43 bits per heavy atom. The maximum absolute atomic E-state index is 12.5. The van der Waals surface area contributed by atoms with Gasteiger partial charge in [-0.05, 0) is 70.6 Å². The predicted molar refractivity (Wildman–Crippen MR) is 134 cm³/mol. The number of nitrogens with one attached hydrogen (secondary N) is 2. The van der Waals surface area contributed by atoms with Crippen molar-refractivity contribution in [3.63, 3.8) is 0 Å². The van der Waals surface area contributed by atoms with Gasteiger partial charge in [0.1, 0.15) is 17.2 Å². The lowest BCUT2D eigenvalue weighted by atomic mass is 9.95. The minimum Gasteiger partial charge on any atom is -0.480 e. The van der Waals surface area contributed by atoms with E-state index in [1.54, 1.807) is 34.6 Å². The molecule has 0 radical (unpaired) electrons. The number of hydrogen-bond acceptors (Lipinski definition) is 5. The normalized spacial score (nSPS) is 12.4. The Morgan fingerprint density at radius 1 is 0.829 bits per heavy atom. The highest BCUT2D eigenvalue weighted by molar-refractivity contribution is 5.80. The minimum absolute atomic E-state index is 0.201. The average Bonchev–Trinajstić information content (AvgIpc) is 2.77. The molecule has 0 aliphatic rings. The van der Waals surface area contributed by atoms with Gasteiger partial charge in [0.25, 0.3) is 0 Å². The van der Waals surface area contributed by atoms with E-state index in [0.717, 1.165) is 16.7 Å². The largest absolute Gasteiger partial charge is 0.480 e. The first kappa shape index (κ1) is 27.7. The van der Waals surface area contributed by atoms with Crippen molar-refractivity contribution in [2.24, 2.45) is 0 Å². The fourth-order valence-corrected chi connectivity index (χ4v) is 3.39. The average molecular weight is 485 g/mol. The SMILES string of the molecule is CC(C)(C)OC(=O)NCCCC[C@H](NC(=O)OC(C)(C)c1ccc(-c2ccccc2)cc1)C(=O)O. The fraction of sp³-hybridized carbons (Fsp3) is 0.444. The minimum atomic E-state index is -1.15. The molecule has 8 nitrogen and oxygen atoms in total. The summed E-state index contributed by atoms with van der Waals surface area (Å²) in [6.07, 6.45) is -0.0994. The number of carbonyl (C=O) groups excluding carboxylic acids is 2. The molecule has 0 heterocycles. The third kappa shape index (κ3) is 9.68. The zero-order chi connectivity index (χ0) is 26.1. The molecule has 0 fully saturated rings. The van der Waals surface area contributed by atoms with Crippen LogP contribution >= 0.6 is 0 Å². The zero-order valence-corrected chi connectivity index (χ0v) is 21.1. The Hall–Kier alpha value is -3.55. The second kappa shape index (κ2) is 12.2. The summed E-state index contributed by atoms with van der Waals surface area (Å²) in [6.45, 7) is 9.17. The molecular formula is C27H36N2O6. The molecule has 2 rings (SSSR count). The van der Waals surface area contributed by atoms with Crippen molar-refractivity contribution in [2.75, 3.05) is 6.54 Å². The Balaban J connectivity index is 1.84. The van der Waals surface area contributed by atoms with E-state index in [-0.39, 0.29) is 6.42 Å². The monoisotopic (exact) mass is 484 g/mol. The van der Waals surface area contributed by atoms with E-state index in [1.165, 1.54) is 0 Å². The third-order valence-corrected chi connectivity index (χ3v) is 5.21. The topological polar surface area (TPSA) is 114 Å². The first-order valence-corrected chi connectivity index (χ1v) is 11.7. The van der Waals surface area contributed by atoms with Gasteiger partial charge in [-0.15, -0.1) is 0 Å². The number of carbonyl (C=O) groups is 3. The van der Waals surface area contributed by atoms with Crippen LogP contribution in [0.2, 0.25) is 0 Å². The number of rotatable bonds is 10. The van der Waals surface area contributed by atoms with Crippen LogP contribution in [0.15, 0.2) is 54.6 Å². The zero-order valence-electron chi connectivity index (χ0n) is 21.1. The number of aliphatic carboxylic acids is 1. The summed E-state index contributed by atoms with van der Waals surface area (Å²) in [5.41, 5.74) is 1.37. The molecule has 0 spiro atoms. The van der Waals surface area contributed by atoms with E-state index in [1.807, 2.05) is 54.6 Å². The predicted octanol–water partition coefficient (Wildman–Crippen LogP) is 5.46. The number of unbranched alkanes of at least 4 members (excludes halogenated alkanes) is 1. The maximum atomic E-state index is 12.5. The van der Waals surface area contributed by atoms with Crippen LogP contribution in [-0.4, -0.2) is 41.4 Å². The van der Waals surface area contributed by atoms with E-state index in [9.17, 15) is 19.5 Å². The summed E-state index contributed by atoms with van der Waals surface area (Å²) in [5.74, 6) is -1.15. The summed E-state index contributed by atoms with van der Waals surface area (Å²) in [7, 11) is 0. The Labute approximate surface area is 207 Å². The van der Waals surface area contributed by atoms with Crippen molar-refractivity contribution in [3.05, 3.63) is 60.2 Å². The van der Waals surface area contributed by atoms with Crippen LogP contribution in [0.5, 0.6) is 0 Å². The highest BCUT2D eigenvalue weighted by atomic mass is 16.6. The quantitative estimate of drug-likeness (QED) is 0.386. The van der Waals surface area contributed by atoms with Crippen LogP contribution < -0.4 is 10.6 Å². The summed E-state index contributed by atoms with van der Waals surface area (Å²) in [4.78, 5) is 35.7. The van der Waals surface area contributed by atoms with Gasteiger partial charge in [-0.25, -0.2) is 14.4 Å². The summed E-state index contributed by atoms with van der Waals surface area (Å²) in [6, 6.07) is 16.5. The van der Waals surface area contributed by atoms with Crippen molar-refractivity contribution in [1.29, 1.82) is 0 Å². The van der Waals surface area contributed by atoms with E-state index < -0.39 is 35.4 Å². The molecule has 0 aliphatic carbocycles. The highest BCUT2D eigenvalue weighted by Gasteiger charge is 2.28. The lowest BCUT2D eigenvalue weighted by molar-refractivity contribution is -0.139. The van der Waals surface area contributed by atoms with Gasteiger partial charge in [0.05, 0.1) is 0 Å². The molecule has 1 atom stereocenters. The van der Waals surface area contributed by atoms with Crippen molar-refractivity contribution >= 4 is 18.2 Å². The van der Waals surface area contributed by atoms with Crippen molar-refractivity contribution < 1.29 is 29.0 Å². The smallest absolute Gasteiger partial charge is 0.408 e. The first-order valence-electron chi connectivity index (χ1n) is 11.7. The van der Waals surface area contributed by atoms with Gasteiger partial charge in [-0.1, -0.05) is 54.6 Å². The van der Waals surface area contributed by atoms with E-state index in [2.05, 4.69) is 10.6 Å². The number of amides is 2. The van der Waals surface area contributed by atoms with E-state index >= 15 is 0 Å². The number of ether oxygens (including phenoxy) is 2. The molecule has 0 aromatic heterocycles. The van der Waals surface area contributed by atoms with E-state index in [4.69, 9.17) is 9.47 Å². The first-order chi connectivity index (χ1) is 16.4. The molecule has 0 unspecified atom stereocenters. The number of hydrogen-bond donors (Lipinski definition) is 3. The van der Waals surface area contributed by atoms with Gasteiger partial charge in [0.2, 0.25) is 0 Å². The second-order valence-corrected chi connectivity index (χ2v) is 9.80. The summed E-state index contributed by atoms with van der Waals surface area (Å²) in [5, 5.41) is 14.6. The van der Waals surface area contributed by atoms with Crippen LogP contribution in [0, 0.1) is 0 Å². The van der Waals surface area contributed by atoms with Gasteiger partial charge >= 0.3 is 18.2 Å². The standard InChI is InChI=1S/C27H36N2O6/c1-26(2,3)34-24(32)28-18-10-9-13-22(23(30)31)29-25(33)35-27(4,5)21-16-14-20(15-17-21)19-11-7-6-8-12-19/h6-8,11-12,14-17,22H,9-10,13,18H2,1-5H3,(H,28,32)(H,29,33)(H,30,31)/t22-/m0/s1. The van der Waals surface area contributed by atoms with Gasteiger partial charge in [-0.3, -0.25) is 0 Å². The Kier molecular flexibility index (Phi) is 9.68. The molecule has 190 valence electrons. The molecule has 0 aliphatic heterocycles. The highest BCUT2D eigenvalue weighted by Crippen LogP contribution is 2.28. The number of carboxylic acids is 1. The number of alkyl carbamates (subject to hydrolysis) is 2. The lowest BCUT2D eigenvalue weighted by Crippen LogP contribution is -2.43. The van der Waals surface area contributed by atoms with Crippen molar-refractivity contribution in [2.45, 2.75) is 71.1 Å². The molecular weight excluding hydrogens is 448 g/mol. The lowest BCUT2D eigenvalue weighted by Gasteiger charge is -2.27. The summed E-state index contributed by atoms with van der Waals surface area (Å²) >= 11 is 0. The Bertz CT molecular complexity index is 981. The van der Waals surface area contributed by atoms with Gasteiger partial charge < -0.3 is 25.2 Å². The van der Waals surface area contributed by atoms with Crippen LogP contribution in [0.3, 0.4) is 0 Å². The molecule has 2 amide bonds. The summed E-state index contributed by atoms with van der Waals surface area (Å²) < 4.78 is 10.7. The molecule has 8 heteroatoms. The number of carboxylic acid groups (broad SMARTS) is 1. The van der Waals surface area contributed by atoms with Crippen LogP contribution in [0.25, 0.3) is 11.1 Å². The molecule has 2 aromatic rings. The van der Waals surface area contributed by atoms with Crippen molar-refractivity contribution in [1.82, 2.24) is 10.6 Å². The van der Waals surface area contributed by atoms with Gasteiger partial charge in [0, 0.05) is 6.54 Å². The molecule has 2 aromatic carbocycles. The maximum Gasteiger partial charge on any atom is 0.408 e. The van der Waals surface area contributed by atoms with Crippen LogP contribution in [0.1, 0.15) is 59.4 Å². The van der Waals surface area contributed by atoms with Crippen LogP contribution in [0.4, 0.5) is 9.59 Å². The molecule has 0 saturated carbocycles. The van der Waals surface area contributed by atoms with Gasteiger partial charge in [0.15, 0.2) is 0 Å². The number of benzene rings is 2. The molecule has 3 N–H and O–H groups in total. The van der Waals surface area contributed by atoms with Crippen LogP contribution in [-0.2, 0) is 19.9 Å². The van der Waals surface area contributed by atoms with E-state index in [0.29, 0.717) is 19.4 Å². The molecule has 0 bridgehead atoms.